The molecule has 0 radical (unpaired) electrons. The zero-order valence-electron chi connectivity index (χ0n) is 11.3. The van der Waals surface area contributed by atoms with Gasteiger partial charge in [-0.05, 0) is 19.1 Å². The van der Waals surface area contributed by atoms with Crippen molar-refractivity contribution in [2.24, 2.45) is 0 Å². The average molecular weight is 267 g/mol. The number of aliphatic carboxylic acids is 1. The van der Waals surface area contributed by atoms with E-state index in [2.05, 4.69) is 0 Å². The van der Waals surface area contributed by atoms with E-state index in [-0.39, 0.29) is 0 Å². The second kappa shape index (κ2) is 5.60. The predicted octanol–water partition coefficient (Wildman–Crippen LogP) is 1.09. The maximum Gasteiger partial charge on any atom is 0.334 e. The number of rotatable bonds is 6. The summed E-state index contributed by atoms with van der Waals surface area (Å²) in [6.07, 6.45) is 0.470. The van der Waals surface area contributed by atoms with Gasteiger partial charge in [-0.25, -0.2) is 4.79 Å². The Labute approximate surface area is 111 Å². The lowest BCUT2D eigenvalue weighted by Gasteiger charge is -2.33. The number of ether oxygens (including phenoxy) is 2. The third kappa shape index (κ3) is 2.47. The third-order valence-electron chi connectivity index (χ3n) is 3.21. The van der Waals surface area contributed by atoms with Crippen molar-refractivity contribution in [3.63, 3.8) is 0 Å². The molecule has 6 nitrogen and oxygen atoms in total. The van der Waals surface area contributed by atoms with E-state index in [4.69, 9.17) is 9.47 Å². The van der Waals surface area contributed by atoms with Gasteiger partial charge in [0.25, 0.3) is 0 Å². The molecule has 0 aliphatic heterocycles. The standard InChI is InChI=1S/C13H17NO5/c1-13(12(16)17,14(2)8-15)10-6-5-9(18-3)7-11(10)19-4/h5-8H,1-4H3,(H,16,17). The number of nitrogens with zero attached hydrogens (tertiary/aromatic N) is 1. The highest BCUT2D eigenvalue weighted by molar-refractivity contribution is 5.84. The van der Waals surface area contributed by atoms with Gasteiger partial charge in [0.1, 0.15) is 11.5 Å². The van der Waals surface area contributed by atoms with E-state index in [9.17, 15) is 14.7 Å². The van der Waals surface area contributed by atoms with Gasteiger partial charge >= 0.3 is 5.97 Å². The molecule has 1 aromatic carbocycles. The Hall–Kier alpha value is -2.24. The summed E-state index contributed by atoms with van der Waals surface area (Å²) in [5, 5.41) is 9.45. The van der Waals surface area contributed by atoms with Crippen molar-refractivity contribution >= 4 is 12.4 Å². The summed E-state index contributed by atoms with van der Waals surface area (Å²) in [7, 11) is 4.34. The van der Waals surface area contributed by atoms with Crippen LogP contribution >= 0.6 is 0 Å². The van der Waals surface area contributed by atoms with E-state index in [1.54, 1.807) is 18.2 Å². The van der Waals surface area contributed by atoms with Crippen molar-refractivity contribution in [1.29, 1.82) is 0 Å². The molecular weight excluding hydrogens is 250 g/mol. The monoisotopic (exact) mass is 267 g/mol. The van der Waals surface area contributed by atoms with Crippen molar-refractivity contribution in [2.45, 2.75) is 12.5 Å². The van der Waals surface area contributed by atoms with Crippen LogP contribution in [-0.4, -0.2) is 43.7 Å². The highest BCUT2D eigenvalue weighted by Gasteiger charge is 2.41. The van der Waals surface area contributed by atoms with Crippen LogP contribution in [0.25, 0.3) is 0 Å². The van der Waals surface area contributed by atoms with E-state index in [0.29, 0.717) is 23.5 Å². The zero-order chi connectivity index (χ0) is 14.6. The van der Waals surface area contributed by atoms with Crippen molar-refractivity contribution in [2.75, 3.05) is 21.3 Å². The summed E-state index contributed by atoms with van der Waals surface area (Å²) in [6.45, 7) is 1.44. The smallest absolute Gasteiger partial charge is 0.334 e. The molecule has 1 aromatic rings. The van der Waals surface area contributed by atoms with Crippen molar-refractivity contribution < 1.29 is 24.2 Å². The summed E-state index contributed by atoms with van der Waals surface area (Å²) in [5.41, 5.74) is -1.14. The number of likely N-dealkylation sites (N-methyl/N-ethyl adjacent to an activating group) is 1. The molecule has 0 heterocycles. The van der Waals surface area contributed by atoms with Gasteiger partial charge in [0, 0.05) is 18.7 Å². The predicted molar refractivity (Wildman–Crippen MR) is 68.4 cm³/mol. The van der Waals surface area contributed by atoms with Crippen LogP contribution in [0.4, 0.5) is 0 Å². The molecule has 1 N–H and O–H groups in total. The fourth-order valence-corrected chi connectivity index (χ4v) is 1.76. The zero-order valence-corrected chi connectivity index (χ0v) is 11.3. The van der Waals surface area contributed by atoms with Crippen LogP contribution in [0, 0.1) is 0 Å². The Bertz CT molecular complexity index is 488. The highest BCUT2D eigenvalue weighted by atomic mass is 16.5. The van der Waals surface area contributed by atoms with E-state index in [0.717, 1.165) is 4.90 Å². The largest absolute Gasteiger partial charge is 0.497 e. The lowest BCUT2D eigenvalue weighted by molar-refractivity contribution is -0.153. The summed E-state index contributed by atoms with van der Waals surface area (Å²) in [4.78, 5) is 23.6. The second-order valence-corrected chi connectivity index (χ2v) is 4.16. The summed E-state index contributed by atoms with van der Waals surface area (Å²) in [6, 6.07) is 4.78. The number of hydrogen-bond donors (Lipinski definition) is 1. The normalized spacial score (nSPS) is 13.3. The number of methoxy groups -OCH3 is 2. The fourth-order valence-electron chi connectivity index (χ4n) is 1.76. The average Bonchev–Trinajstić information content (AvgIpc) is 2.44. The Kier molecular flexibility index (Phi) is 4.37. The minimum absolute atomic E-state index is 0.345. The lowest BCUT2D eigenvalue weighted by atomic mass is 9.90. The first-order valence-electron chi connectivity index (χ1n) is 5.56. The minimum Gasteiger partial charge on any atom is -0.497 e. The van der Waals surface area contributed by atoms with E-state index in [1.165, 1.54) is 28.2 Å². The molecule has 0 spiro atoms. The van der Waals surface area contributed by atoms with Crippen LogP contribution in [0.15, 0.2) is 18.2 Å². The van der Waals surface area contributed by atoms with Crippen molar-refractivity contribution in [1.82, 2.24) is 4.90 Å². The summed E-state index contributed by atoms with van der Waals surface area (Å²) in [5.74, 6) is -0.259. The third-order valence-corrected chi connectivity index (χ3v) is 3.21. The SMILES string of the molecule is COc1ccc(C(C)(C(=O)O)N(C)C=O)c(OC)c1. The van der Waals surface area contributed by atoms with Gasteiger partial charge in [-0.3, -0.25) is 4.79 Å². The Morgan fingerprint density at radius 1 is 1.37 bits per heavy atom. The first-order valence-corrected chi connectivity index (χ1v) is 5.56. The summed E-state index contributed by atoms with van der Waals surface area (Å²) < 4.78 is 10.3. The molecule has 0 saturated heterocycles. The Balaban J connectivity index is 3.47. The number of carbonyl (C=O) groups excluding carboxylic acids is 1. The number of amides is 1. The minimum atomic E-state index is -1.51. The molecular formula is C13H17NO5. The van der Waals surface area contributed by atoms with E-state index in [1.807, 2.05) is 0 Å². The molecule has 0 bridgehead atoms. The van der Waals surface area contributed by atoms with E-state index < -0.39 is 11.5 Å². The van der Waals surface area contributed by atoms with Gasteiger partial charge in [-0.2, -0.15) is 0 Å². The van der Waals surface area contributed by atoms with Crippen LogP contribution in [-0.2, 0) is 15.1 Å². The van der Waals surface area contributed by atoms with Crippen LogP contribution in [0.1, 0.15) is 12.5 Å². The second-order valence-electron chi connectivity index (χ2n) is 4.16. The molecule has 0 aromatic heterocycles. The first kappa shape index (κ1) is 14.8. The number of benzene rings is 1. The molecule has 6 heteroatoms. The number of hydrogen-bond acceptors (Lipinski definition) is 4. The van der Waals surface area contributed by atoms with Gasteiger partial charge in [-0.15, -0.1) is 0 Å². The molecule has 1 atom stereocenters. The molecule has 0 saturated carbocycles. The van der Waals surface area contributed by atoms with Crippen LogP contribution in [0.5, 0.6) is 11.5 Å². The Morgan fingerprint density at radius 2 is 2.00 bits per heavy atom. The highest BCUT2D eigenvalue weighted by Crippen LogP contribution is 2.36. The van der Waals surface area contributed by atoms with E-state index >= 15 is 0 Å². The first-order chi connectivity index (χ1) is 8.91. The van der Waals surface area contributed by atoms with Crippen LogP contribution in [0.2, 0.25) is 0 Å². The molecule has 1 rings (SSSR count). The maximum atomic E-state index is 11.6. The molecule has 0 aliphatic rings. The molecule has 0 aliphatic carbocycles. The van der Waals surface area contributed by atoms with Gasteiger partial charge in [-0.1, -0.05) is 0 Å². The quantitative estimate of drug-likeness (QED) is 0.781. The lowest BCUT2D eigenvalue weighted by Crippen LogP contribution is -2.47. The molecule has 0 fully saturated rings. The van der Waals surface area contributed by atoms with Gasteiger partial charge < -0.3 is 19.5 Å². The van der Waals surface area contributed by atoms with Crippen LogP contribution < -0.4 is 9.47 Å². The molecule has 1 unspecified atom stereocenters. The van der Waals surface area contributed by atoms with Crippen molar-refractivity contribution in [3.8, 4) is 11.5 Å². The fraction of sp³-hybridized carbons (Fsp3) is 0.385. The number of carboxylic acids is 1. The van der Waals surface area contributed by atoms with Crippen LogP contribution in [0.3, 0.4) is 0 Å². The Morgan fingerprint density at radius 3 is 2.42 bits per heavy atom. The number of carbonyl (C=O) groups is 2. The number of carboxylic acid groups (broad SMARTS) is 1. The molecule has 104 valence electrons. The van der Waals surface area contributed by atoms with Gasteiger partial charge in [0.05, 0.1) is 14.2 Å². The topological polar surface area (TPSA) is 76.1 Å². The van der Waals surface area contributed by atoms with Crippen molar-refractivity contribution in [3.05, 3.63) is 23.8 Å². The maximum absolute atomic E-state index is 11.6. The van der Waals surface area contributed by atoms with Gasteiger partial charge in [0.2, 0.25) is 6.41 Å². The molecule has 1 amide bonds. The van der Waals surface area contributed by atoms with Gasteiger partial charge in [0.15, 0.2) is 5.54 Å². The summed E-state index contributed by atoms with van der Waals surface area (Å²) >= 11 is 0. The molecule has 19 heavy (non-hydrogen) atoms.